The zero-order chi connectivity index (χ0) is 30.5. The summed E-state index contributed by atoms with van der Waals surface area (Å²) in [6.45, 7) is 11.0. The first kappa shape index (κ1) is 30.2. The number of anilines is 2. The van der Waals surface area contributed by atoms with Crippen molar-refractivity contribution in [3.63, 3.8) is 0 Å². The standard InChI is InChI=1S/C35H45N7O2/c1-4-16-40-18-19-42(24-27(40)13-15-36)34-31-14-17-41(33-12-8-10-26-9-6-7-11-30(26)33)25-32(31)37-35(38-34)44-29-22-28(23-29)39(5-2)20-21-43-3/h4,6-12,16,27-29H,5,13-14,17-25H2,1-3H3/t27-,28?,29?/m0/s1. The molecule has 0 amide bonds. The number of nitriles is 1. The molecule has 0 bridgehead atoms. The Morgan fingerprint density at radius 1 is 1.07 bits per heavy atom. The number of hydrogen-bond acceptors (Lipinski definition) is 9. The lowest BCUT2D eigenvalue weighted by Crippen LogP contribution is -2.52. The number of piperazine rings is 1. The van der Waals surface area contributed by atoms with Gasteiger partial charge in [0.1, 0.15) is 11.9 Å². The SMILES string of the molecule is CC=CN1CCN(c2nc(OC3CC(N(CC)CCOC)C3)nc3c2CCN(c2cccc4ccccc24)C3)C[C@@H]1CC#N. The number of ether oxygens (including phenoxy) is 2. The maximum atomic E-state index is 9.59. The van der Waals surface area contributed by atoms with Crippen molar-refractivity contribution >= 4 is 22.3 Å². The maximum absolute atomic E-state index is 9.59. The zero-order valence-electron chi connectivity index (χ0n) is 26.4. The molecule has 2 fully saturated rings. The van der Waals surface area contributed by atoms with Crippen LogP contribution in [0.4, 0.5) is 11.5 Å². The molecule has 1 aromatic heterocycles. The van der Waals surface area contributed by atoms with Gasteiger partial charge in [0.2, 0.25) is 0 Å². The van der Waals surface area contributed by atoms with Gasteiger partial charge in [-0.15, -0.1) is 0 Å². The Labute approximate surface area is 261 Å². The highest BCUT2D eigenvalue weighted by molar-refractivity contribution is 5.94. The third kappa shape index (κ3) is 6.33. The predicted octanol–water partition coefficient (Wildman–Crippen LogP) is 5.01. The summed E-state index contributed by atoms with van der Waals surface area (Å²) >= 11 is 0. The van der Waals surface area contributed by atoms with Crippen LogP contribution >= 0.6 is 0 Å². The number of methoxy groups -OCH3 is 1. The first-order chi connectivity index (χ1) is 21.6. The van der Waals surface area contributed by atoms with E-state index in [4.69, 9.17) is 19.4 Å². The highest BCUT2D eigenvalue weighted by Gasteiger charge is 2.36. The van der Waals surface area contributed by atoms with Crippen LogP contribution in [0.1, 0.15) is 44.4 Å². The van der Waals surface area contributed by atoms with Gasteiger partial charge in [0.15, 0.2) is 0 Å². The molecule has 232 valence electrons. The number of hydrogen-bond donors (Lipinski definition) is 0. The van der Waals surface area contributed by atoms with Crippen LogP contribution in [0, 0.1) is 11.3 Å². The second-order valence-electron chi connectivity index (χ2n) is 12.1. The fourth-order valence-corrected chi connectivity index (χ4v) is 7.02. The van der Waals surface area contributed by atoms with E-state index in [9.17, 15) is 5.26 Å². The molecule has 0 unspecified atom stereocenters. The fraction of sp³-hybridized carbons (Fsp3) is 0.514. The lowest BCUT2D eigenvalue weighted by molar-refractivity contribution is 0.00465. The van der Waals surface area contributed by atoms with E-state index in [1.54, 1.807) is 7.11 Å². The van der Waals surface area contributed by atoms with E-state index >= 15 is 0 Å². The Hall–Kier alpha value is -3.87. The van der Waals surface area contributed by atoms with E-state index in [1.165, 1.54) is 22.0 Å². The second-order valence-corrected chi connectivity index (χ2v) is 12.1. The average molecular weight is 596 g/mol. The van der Waals surface area contributed by atoms with Crippen LogP contribution in [0.15, 0.2) is 54.7 Å². The molecule has 1 atom stereocenters. The van der Waals surface area contributed by atoms with Gasteiger partial charge in [0.05, 0.1) is 37.4 Å². The topological polar surface area (TPSA) is 81.0 Å². The molecular weight excluding hydrogens is 550 g/mol. The minimum absolute atomic E-state index is 0.109. The molecule has 9 heteroatoms. The van der Waals surface area contributed by atoms with Gasteiger partial charge in [-0.2, -0.15) is 15.2 Å². The first-order valence-electron chi connectivity index (χ1n) is 16.1. The number of benzene rings is 2. The van der Waals surface area contributed by atoms with Gasteiger partial charge < -0.3 is 24.2 Å². The molecule has 3 aromatic rings. The van der Waals surface area contributed by atoms with Crippen LogP contribution in [0.25, 0.3) is 10.8 Å². The molecule has 1 saturated carbocycles. The molecule has 9 nitrogen and oxygen atoms in total. The number of rotatable bonds is 11. The van der Waals surface area contributed by atoms with Gasteiger partial charge in [-0.05, 0) is 37.5 Å². The van der Waals surface area contributed by atoms with Crippen LogP contribution in [0.2, 0.25) is 0 Å². The van der Waals surface area contributed by atoms with Gasteiger partial charge in [-0.25, -0.2) is 0 Å². The molecule has 1 aliphatic carbocycles. The molecule has 3 aliphatic rings. The third-order valence-electron chi connectivity index (χ3n) is 9.47. The summed E-state index contributed by atoms with van der Waals surface area (Å²) in [7, 11) is 1.76. The lowest BCUT2D eigenvalue weighted by Gasteiger charge is -2.43. The Morgan fingerprint density at radius 3 is 2.70 bits per heavy atom. The first-order valence-corrected chi connectivity index (χ1v) is 16.1. The van der Waals surface area contributed by atoms with Gasteiger partial charge in [-0.1, -0.05) is 49.4 Å². The molecule has 2 aliphatic heterocycles. The minimum Gasteiger partial charge on any atom is -0.460 e. The summed E-state index contributed by atoms with van der Waals surface area (Å²) in [6.07, 6.45) is 7.57. The highest BCUT2D eigenvalue weighted by atomic mass is 16.5. The predicted molar refractivity (Wildman–Crippen MR) is 175 cm³/mol. The molecule has 2 aromatic carbocycles. The number of likely N-dealkylation sites (N-methyl/N-ethyl adjacent to an activating group) is 1. The molecule has 6 rings (SSSR count). The summed E-state index contributed by atoms with van der Waals surface area (Å²) in [5.41, 5.74) is 3.50. The minimum atomic E-state index is 0.109. The van der Waals surface area contributed by atoms with Crippen molar-refractivity contribution in [2.24, 2.45) is 0 Å². The number of allylic oxidation sites excluding steroid dienone is 1. The summed E-state index contributed by atoms with van der Waals surface area (Å²) in [5.74, 6) is 0.983. The third-order valence-corrected chi connectivity index (χ3v) is 9.47. The van der Waals surface area contributed by atoms with E-state index in [0.717, 1.165) is 76.6 Å². The summed E-state index contributed by atoms with van der Waals surface area (Å²) in [4.78, 5) is 19.8. The van der Waals surface area contributed by atoms with Crippen molar-refractivity contribution in [3.05, 3.63) is 66.0 Å². The van der Waals surface area contributed by atoms with Crippen LogP contribution in [0.3, 0.4) is 0 Å². The van der Waals surface area contributed by atoms with E-state index in [1.807, 2.05) is 6.92 Å². The fourth-order valence-electron chi connectivity index (χ4n) is 7.02. The summed E-state index contributed by atoms with van der Waals surface area (Å²) in [5, 5.41) is 12.1. The molecular formula is C35H45N7O2. The van der Waals surface area contributed by atoms with Gasteiger partial charge in [0.25, 0.3) is 0 Å². The van der Waals surface area contributed by atoms with Crippen LogP contribution in [-0.2, 0) is 17.7 Å². The van der Waals surface area contributed by atoms with Gasteiger partial charge >= 0.3 is 6.01 Å². The van der Waals surface area contributed by atoms with Crippen LogP contribution in [0.5, 0.6) is 6.01 Å². The number of fused-ring (bicyclic) bond motifs is 2. The van der Waals surface area contributed by atoms with E-state index in [-0.39, 0.29) is 12.1 Å². The van der Waals surface area contributed by atoms with Crippen molar-refractivity contribution in [1.82, 2.24) is 19.8 Å². The number of aromatic nitrogens is 2. The quantitative estimate of drug-likeness (QED) is 0.304. The molecule has 0 radical (unpaired) electrons. The maximum Gasteiger partial charge on any atom is 0.318 e. The average Bonchev–Trinajstić information content (AvgIpc) is 3.03. The molecule has 0 spiro atoms. The van der Waals surface area contributed by atoms with Crippen molar-refractivity contribution in [3.8, 4) is 12.1 Å². The Morgan fingerprint density at radius 2 is 1.91 bits per heavy atom. The number of nitrogens with zero attached hydrogens (tertiary/aromatic N) is 7. The van der Waals surface area contributed by atoms with E-state index in [2.05, 4.69) is 87.3 Å². The normalized spacial score (nSPS) is 21.9. The second kappa shape index (κ2) is 13.8. The molecule has 3 heterocycles. The van der Waals surface area contributed by atoms with Crippen molar-refractivity contribution in [2.45, 2.75) is 64.3 Å². The summed E-state index contributed by atoms with van der Waals surface area (Å²) in [6, 6.07) is 18.6. The van der Waals surface area contributed by atoms with E-state index < -0.39 is 0 Å². The molecule has 44 heavy (non-hydrogen) atoms. The molecule has 0 N–H and O–H groups in total. The smallest absolute Gasteiger partial charge is 0.318 e. The van der Waals surface area contributed by atoms with E-state index in [0.29, 0.717) is 25.0 Å². The summed E-state index contributed by atoms with van der Waals surface area (Å²) < 4.78 is 11.8. The lowest BCUT2D eigenvalue weighted by atomic mass is 9.88. The van der Waals surface area contributed by atoms with Crippen LogP contribution in [-0.4, -0.2) is 90.9 Å². The Balaban J connectivity index is 1.28. The Bertz CT molecular complexity index is 1490. The van der Waals surface area contributed by atoms with Gasteiger partial charge in [-0.3, -0.25) is 4.90 Å². The van der Waals surface area contributed by atoms with Gasteiger partial charge in [0, 0.05) is 75.4 Å². The van der Waals surface area contributed by atoms with Crippen LogP contribution < -0.4 is 14.5 Å². The monoisotopic (exact) mass is 595 g/mol. The largest absolute Gasteiger partial charge is 0.460 e. The Kier molecular flexibility index (Phi) is 9.48. The van der Waals surface area contributed by atoms with Crippen molar-refractivity contribution < 1.29 is 9.47 Å². The highest BCUT2D eigenvalue weighted by Crippen LogP contribution is 2.36. The van der Waals surface area contributed by atoms with Crippen molar-refractivity contribution in [1.29, 1.82) is 5.26 Å². The van der Waals surface area contributed by atoms with Crippen molar-refractivity contribution in [2.75, 3.05) is 62.8 Å². The molecule has 1 saturated heterocycles. The zero-order valence-corrected chi connectivity index (χ0v) is 26.4.